The number of hydrogen-bond acceptors (Lipinski definition) is 3. The van der Waals surface area contributed by atoms with Gasteiger partial charge in [0.1, 0.15) is 18.0 Å². The van der Waals surface area contributed by atoms with Gasteiger partial charge in [-0.15, -0.1) is 0 Å². The van der Waals surface area contributed by atoms with Crippen molar-refractivity contribution in [1.29, 1.82) is 0 Å². The third-order valence-corrected chi connectivity index (χ3v) is 2.86. The van der Waals surface area contributed by atoms with Crippen molar-refractivity contribution in [3.8, 4) is 0 Å². The van der Waals surface area contributed by atoms with Gasteiger partial charge in [0, 0.05) is 0 Å². The van der Waals surface area contributed by atoms with Crippen molar-refractivity contribution >= 4 is 0 Å². The Morgan fingerprint density at radius 3 is 2.94 bits per heavy atom. The molecule has 1 aromatic heterocycles. The molecule has 0 aliphatic heterocycles. The first-order valence-corrected chi connectivity index (χ1v) is 6.07. The van der Waals surface area contributed by atoms with Crippen LogP contribution in [0.2, 0.25) is 0 Å². The lowest BCUT2D eigenvalue weighted by Gasteiger charge is -2.18. The van der Waals surface area contributed by atoms with E-state index in [1.807, 2.05) is 6.92 Å². The van der Waals surface area contributed by atoms with Crippen LogP contribution in [0.5, 0.6) is 0 Å². The number of halogens is 1. The minimum atomic E-state index is -0.238. The summed E-state index contributed by atoms with van der Waals surface area (Å²) in [6.07, 6.45) is 2.46. The van der Waals surface area contributed by atoms with Gasteiger partial charge in [-0.2, -0.15) is 5.10 Å². The first-order valence-electron chi connectivity index (χ1n) is 6.07. The van der Waals surface area contributed by atoms with Crippen LogP contribution >= 0.6 is 0 Å². The number of aromatic amines is 1. The summed E-state index contributed by atoms with van der Waals surface area (Å²) in [5.74, 6) is 0.468. The van der Waals surface area contributed by atoms with Crippen LogP contribution in [0.4, 0.5) is 4.39 Å². The first kappa shape index (κ1) is 12.7. The van der Waals surface area contributed by atoms with Gasteiger partial charge in [0.2, 0.25) is 0 Å². The van der Waals surface area contributed by atoms with Gasteiger partial charge in [-0.05, 0) is 43.1 Å². The van der Waals surface area contributed by atoms with E-state index >= 15 is 0 Å². The molecule has 0 amide bonds. The van der Waals surface area contributed by atoms with Gasteiger partial charge in [-0.3, -0.25) is 5.10 Å². The number of nitrogens with zero attached hydrogens (tertiary/aromatic N) is 2. The molecule has 0 aliphatic carbocycles. The third kappa shape index (κ3) is 2.73. The summed E-state index contributed by atoms with van der Waals surface area (Å²) in [6.45, 7) is 4.88. The van der Waals surface area contributed by atoms with Crippen molar-refractivity contribution in [1.82, 2.24) is 20.5 Å². The Balaban J connectivity index is 2.36. The molecule has 1 atom stereocenters. The van der Waals surface area contributed by atoms with Crippen molar-refractivity contribution in [2.24, 2.45) is 0 Å². The molecule has 1 unspecified atom stereocenters. The minimum absolute atomic E-state index is 0.150. The van der Waals surface area contributed by atoms with Gasteiger partial charge in [0.05, 0.1) is 6.04 Å². The molecule has 2 aromatic rings. The van der Waals surface area contributed by atoms with E-state index in [0.29, 0.717) is 5.82 Å². The molecule has 0 radical (unpaired) electrons. The molecule has 0 saturated heterocycles. The van der Waals surface area contributed by atoms with Crippen LogP contribution in [0.1, 0.15) is 36.3 Å². The zero-order chi connectivity index (χ0) is 13.0. The number of nitrogens with one attached hydrogen (secondary N) is 2. The molecule has 0 fully saturated rings. The number of aryl methyl sites for hydroxylation is 1. The Bertz CT molecular complexity index is 496. The number of hydrogen-bond donors (Lipinski definition) is 2. The highest BCUT2D eigenvalue weighted by molar-refractivity contribution is 5.33. The summed E-state index contributed by atoms with van der Waals surface area (Å²) < 4.78 is 13.4. The largest absolute Gasteiger partial charge is 0.304 e. The quantitative estimate of drug-likeness (QED) is 0.854. The summed E-state index contributed by atoms with van der Waals surface area (Å²) in [6, 6.07) is 4.64. The molecular formula is C13H17FN4. The average molecular weight is 248 g/mol. The second-order valence-corrected chi connectivity index (χ2v) is 4.26. The van der Waals surface area contributed by atoms with Crippen LogP contribution < -0.4 is 5.32 Å². The maximum absolute atomic E-state index is 13.4. The van der Waals surface area contributed by atoms with E-state index in [1.165, 1.54) is 12.4 Å². The molecule has 4 nitrogen and oxygen atoms in total. The molecule has 1 aromatic carbocycles. The maximum atomic E-state index is 13.4. The van der Waals surface area contributed by atoms with Crippen LogP contribution in [0, 0.1) is 12.7 Å². The van der Waals surface area contributed by atoms with Crippen molar-refractivity contribution in [3.63, 3.8) is 0 Å². The van der Waals surface area contributed by atoms with Crippen molar-refractivity contribution in [3.05, 3.63) is 47.3 Å². The Morgan fingerprint density at radius 1 is 1.44 bits per heavy atom. The Labute approximate surface area is 106 Å². The van der Waals surface area contributed by atoms with E-state index in [4.69, 9.17) is 0 Å². The van der Waals surface area contributed by atoms with Gasteiger partial charge in [-0.25, -0.2) is 9.37 Å². The maximum Gasteiger partial charge on any atom is 0.145 e. The number of H-pyrrole nitrogens is 1. The highest BCUT2D eigenvalue weighted by Gasteiger charge is 2.18. The second kappa shape index (κ2) is 5.73. The fourth-order valence-electron chi connectivity index (χ4n) is 1.92. The van der Waals surface area contributed by atoms with Crippen molar-refractivity contribution < 1.29 is 4.39 Å². The molecule has 0 aliphatic rings. The summed E-state index contributed by atoms with van der Waals surface area (Å²) in [7, 11) is 0. The molecule has 0 bridgehead atoms. The second-order valence-electron chi connectivity index (χ2n) is 4.26. The van der Waals surface area contributed by atoms with E-state index in [1.54, 1.807) is 12.1 Å². The van der Waals surface area contributed by atoms with Crippen molar-refractivity contribution in [2.75, 3.05) is 6.54 Å². The predicted octanol–water partition coefficient (Wildman–Crippen LogP) is 2.34. The van der Waals surface area contributed by atoms with E-state index in [-0.39, 0.29) is 11.9 Å². The molecule has 96 valence electrons. The van der Waals surface area contributed by atoms with Gasteiger partial charge in [-0.1, -0.05) is 13.0 Å². The Morgan fingerprint density at radius 2 is 2.28 bits per heavy atom. The van der Waals surface area contributed by atoms with Gasteiger partial charge in [0.15, 0.2) is 0 Å². The fraction of sp³-hybridized carbons (Fsp3) is 0.385. The standard InChI is InChI=1S/C13H17FN4/c1-3-6-15-12(13-16-8-17-18-13)11-7-10(14)5-4-9(11)2/h4-5,7-8,12,15H,3,6H2,1-2H3,(H,16,17,18). The molecule has 0 spiro atoms. The lowest BCUT2D eigenvalue weighted by Crippen LogP contribution is -2.25. The van der Waals surface area contributed by atoms with Crippen LogP contribution in [0.15, 0.2) is 24.5 Å². The monoisotopic (exact) mass is 248 g/mol. The summed E-state index contributed by atoms with van der Waals surface area (Å²) in [4.78, 5) is 4.17. The van der Waals surface area contributed by atoms with E-state index in [0.717, 1.165) is 24.1 Å². The van der Waals surface area contributed by atoms with Crippen LogP contribution in [0.3, 0.4) is 0 Å². The molecule has 2 rings (SSSR count). The third-order valence-electron chi connectivity index (χ3n) is 2.86. The predicted molar refractivity (Wildman–Crippen MR) is 67.7 cm³/mol. The van der Waals surface area contributed by atoms with Gasteiger partial charge in [0.25, 0.3) is 0 Å². The summed E-state index contributed by atoms with van der Waals surface area (Å²) in [5, 5.41) is 10.1. The topological polar surface area (TPSA) is 53.6 Å². The molecule has 5 heteroatoms. The molecular weight excluding hydrogens is 231 g/mol. The van der Waals surface area contributed by atoms with Gasteiger partial charge >= 0.3 is 0 Å². The molecule has 2 N–H and O–H groups in total. The Hall–Kier alpha value is -1.75. The SMILES string of the molecule is CCCNC(c1ncn[nH]1)c1cc(F)ccc1C. The first-order chi connectivity index (χ1) is 8.72. The van der Waals surface area contributed by atoms with Crippen LogP contribution in [-0.4, -0.2) is 21.7 Å². The minimum Gasteiger partial charge on any atom is -0.304 e. The van der Waals surface area contributed by atoms with Crippen LogP contribution in [-0.2, 0) is 0 Å². The van der Waals surface area contributed by atoms with Crippen molar-refractivity contribution in [2.45, 2.75) is 26.3 Å². The normalized spacial score (nSPS) is 12.6. The Kier molecular flexibility index (Phi) is 4.04. The van der Waals surface area contributed by atoms with Gasteiger partial charge < -0.3 is 5.32 Å². The highest BCUT2D eigenvalue weighted by atomic mass is 19.1. The number of rotatable bonds is 5. The highest BCUT2D eigenvalue weighted by Crippen LogP contribution is 2.23. The zero-order valence-corrected chi connectivity index (χ0v) is 10.6. The lowest BCUT2D eigenvalue weighted by molar-refractivity contribution is 0.563. The number of benzene rings is 1. The average Bonchev–Trinajstić information content (AvgIpc) is 2.88. The zero-order valence-electron chi connectivity index (χ0n) is 10.6. The number of aromatic nitrogens is 3. The molecule has 0 saturated carbocycles. The smallest absolute Gasteiger partial charge is 0.145 e. The summed E-state index contributed by atoms with van der Waals surface area (Å²) >= 11 is 0. The molecule has 1 heterocycles. The fourth-order valence-corrected chi connectivity index (χ4v) is 1.92. The van der Waals surface area contributed by atoms with Crippen LogP contribution in [0.25, 0.3) is 0 Å². The molecule has 18 heavy (non-hydrogen) atoms. The van der Waals surface area contributed by atoms with E-state index < -0.39 is 0 Å². The lowest BCUT2D eigenvalue weighted by atomic mass is 10.0. The summed E-state index contributed by atoms with van der Waals surface area (Å²) in [5.41, 5.74) is 1.92. The van der Waals surface area contributed by atoms with E-state index in [9.17, 15) is 4.39 Å². The van der Waals surface area contributed by atoms with E-state index in [2.05, 4.69) is 27.4 Å².